The molecule has 2 amide bonds. The number of benzene rings is 2. The van der Waals surface area contributed by atoms with Crippen LogP contribution in [0, 0.1) is 6.92 Å². The van der Waals surface area contributed by atoms with E-state index in [0.29, 0.717) is 16.8 Å². The van der Waals surface area contributed by atoms with Gasteiger partial charge in [-0.3, -0.25) is 14.5 Å². The number of carbonyl (C=O) groups is 2. The van der Waals surface area contributed by atoms with Crippen LogP contribution in [0.1, 0.15) is 31.8 Å². The van der Waals surface area contributed by atoms with E-state index in [4.69, 9.17) is 5.73 Å². The van der Waals surface area contributed by atoms with E-state index in [2.05, 4.69) is 15.9 Å². The Balaban J connectivity index is 1.97. The highest BCUT2D eigenvalue weighted by Gasteiger charge is 2.37. The van der Waals surface area contributed by atoms with Gasteiger partial charge in [0.15, 0.2) is 0 Å². The number of halogens is 1. The van der Waals surface area contributed by atoms with Gasteiger partial charge in [0.25, 0.3) is 11.8 Å². The van der Waals surface area contributed by atoms with Crippen LogP contribution in [-0.2, 0) is 6.54 Å². The number of imide groups is 1. The van der Waals surface area contributed by atoms with Crippen LogP contribution in [-0.4, -0.2) is 16.7 Å². The lowest BCUT2D eigenvalue weighted by Crippen LogP contribution is -2.29. The minimum atomic E-state index is -0.333. The van der Waals surface area contributed by atoms with Gasteiger partial charge in [0.2, 0.25) is 0 Å². The molecular formula is C16H13BrN2O2. The maximum atomic E-state index is 12.4. The number of hydrogen-bond acceptors (Lipinski definition) is 3. The summed E-state index contributed by atoms with van der Waals surface area (Å²) in [6, 6.07) is 10.8. The second kappa shape index (κ2) is 5.00. The van der Waals surface area contributed by atoms with Crippen LogP contribution >= 0.6 is 15.9 Å². The Morgan fingerprint density at radius 3 is 2.57 bits per heavy atom. The van der Waals surface area contributed by atoms with E-state index in [1.165, 1.54) is 4.90 Å². The molecule has 0 bridgehead atoms. The van der Waals surface area contributed by atoms with Crippen molar-refractivity contribution in [3.63, 3.8) is 0 Å². The highest BCUT2D eigenvalue weighted by atomic mass is 79.9. The Bertz CT molecular complexity index is 771. The van der Waals surface area contributed by atoms with Crippen molar-refractivity contribution in [1.82, 2.24) is 4.90 Å². The molecule has 0 saturated heterocycles. The monoisotopic (exact) mass is 344 g/mol. The molecule has 3 rings (SSSR count). The van der Waals surface area contributed by atoms with Gasteiger partial charge < -0.3 is 5.73 Å². The summed E-state index contributed by atoms with van der Waals surface area (Å²) in [7, 11) is 0. The first kappa shape index (κ1) is 13.8. The van der Waals surface area contributed by atoms with Crippen LogP contribution < -0.4 is 5.73 Å². The summed E-state index contributed by atoms with van der Waals surface area (Å²) in [4.78, 5) is 26.0. The predicted molar refractivity (Wildman–Crippen MR) is 83.9 cm³/mol. The zero-order valence-electron chi connectivity index (χ0n) is 11.4. The number of rotatable bonds is 2. The Labute approximate surface area is 130 Å². The molecule has 1 heterocycles. The number of carbonyl (C=O) groups excluding carboxylic acids is 2. The van der Waals surface area contributed by atoms with Crippen molar-refractivity contribution in [2.45, 2.75) is 13.5 Å². The molecule has 0 unspecified atom stereocenters. The van der Waals surface area contributed by atoms with Crippen LogP contribution in [0.15, 0.2) is 40.9 Å². The lowest BCUT2D eigenvalue weighted by molar-refractivity contribution is 0.0642. The van der Waals surface area contributed by atoms with Crippen molar-refractivity contribution in [2.24, 2.45) is 0 Å². The fourth-order valence-electron chi connectivity index (χ4n) is 2.45. The minimum absolute atomic E-state index is 0.229. The Morgan fingerprint density at radius 1 is 1.14 bits per heavy atom. The van der Waals surface area contributed by atoms with Crippen molar-refractivity contribution in [3.8, 4) is 0 Å². The number of hydrogen-bond donors (Lipinski definition) is 1. The minimum Gasteiger partial charge on any atom is -0.398 e. The molecule has 21 heavy (non-hydrogen) atoms. The van der Waals surface area contributed by atoms with Crippen molar-refractivity contribution >= 4 is 33.4 Å². The normalized spacial score (nSPS) is 13.7. The zero-order valence-corrected chi connectivity index (χ0v) is 13.0. The molecule has 2 aromatic rings. The number of nitrogens with zero attached hydrogens (tertiary/aromatic N) is 1. The van der Waals surface area contributed by atoms with Crippen molar-refractivity contribution in [2.75, 3.05) is 5.73 Å². The first-order valence-electron chi connectivity index (χ1n) is 6.48. The van der Waals surface area contributed by atoms with Crippen LogP contribution in [0.25, 0.3) is 0 Å². The van der Waals surface area contributed by atoms with E-state index in [1.807, 2.05) is 25.1 Å². The van der Waals surface area contributed by atoms with Gasteiger partial charge in [0, 0.05) is 10.2 Å². The van der Waals surface area contributed by atoms with Crippen LogP contribution in [0.3, 0.4) is 0 Å². The lowest BCUT2D eigenvalue weighted by atomic mass is 10.1. The molecule has 0 radical (unpaired) electrons. The molecule has 0 saturated carbocycles. The summed E-state index contributed by atoms with van der Waals surface area (Å²) >= 11 is 3.47. The van der Waals surface area contributed by atoms with Crippen molar-refractivity contribution in [1.29, 1.82) is 0 Å². The third-order valence-corrected chi connectivity index (χ3v) is 4.31. The number of fused-ring (bicyclic) bond motifs is 1. The summed E-state index contributed by atoms with van der Waals surface area (Å²) in [5.74, 6) is -0.629. The SMILES string of the molecule is Cc1ccc(CN2C(=O)c3cccc(N)c3C2=O)c(Br)c1. The summed E-state index contributed by atoms with van der Waals surface area (Å²) in [6.45, 7) is 2.21. The van der Waals surface area contributed by atoms with E-state index in [-0.39, 0.29) is 18.4 Å². The molecule has 4 nitrogen and oxygen atoms in total. The van der Waals surface area contributed by atoms with Crippen molar-refractivity contribution < 1.29 is 9.59 Å². The van der Waals surface area contributed by atoms with Gasteiger partial charge in [0.05, 0.1) is 17.7 Å². The average molecular weight is 345 g/mol. The second-order valence-electron chi connectivity index (χ2n) is 5.06. The van der Waals surface area contributed by atoms with Crippen LogP contribution in [0.5, 0.6) is 0 Å². The van der Waals surface area contributed by atoms with E-state index in [0.717, 1.165) is 15.6 Å². The lowest BCUT2D eigenvalue weighted by Gasteiger charge is -2.15. The van der Waals surface area contributed by atoms with Gasteiger partial charge in [-0.1, -0.05) is 34.1 Å². The summed E-state index contributed by atoms with van der Waals surface area (Å²) in [5, 5.41) is 0. The molecule has 1 aliphatic heterocycles. The second-order valence-corrected chi connectivity index (χ2v) is 5.92. The van der Waals surface area contributed by atoms with Gasteiger partial charge in [-0.25, -0.2) is 0 Å². The molecule has 2 aromatic carbocycles. The highest BCUT2D eigenvalue weighted by Crippen LogP contribution is 2.30. The molecular weight excluding hydrogens is 332 g/mol. The van der Waals surface area contributed by atoms with Crippen LogP contribution in [0.2, 0.25) is 0 Å². The Hall–Kier alpha value is -2.14. The van der Waals surface area contributed by atoms with E-state index in [9.17, 15) is 9.59 Å². The Kier molecular flexibility index (Phi) is 3.29. The third-order valence-electron chi connectivity index (χ3n) is 3.57. The Morgan fingerprint density at radius 2 is 1.90 bits per heavy atom. The molecule has 5 heteroatoms. The first-order chi connectivity index (χ1) is 9.99. The molecule has 0 spiro atoms. The van der Waals surface area contributed by atoms with Gasteiger partial charge in [-0.2, -0.15) is 0 Å². The quantitative estimate of drug-likeness (QED) is 0.672. The zero-order chi connectivity index (χ0) is 15.1. The summed E-state index contributed by atoms with van der Waals surface area (Å²) in [6.07, 6.45) is 0. The maximum absolute atomic E-state index is 12.4. The maximum Gasteiger partial charge on any atom is 0.263 e. The molecule has 0 aromatic heterocycles. The topological polar surface area (TPSA) is 63.4 Å². The number of amides is 2. The van der Waals surface area contributed by atoms with Gasteiger partial charge in [0.1, 0.15) is 0 Å². The predicted octanol–water partition coefficient (Wildman–Crippen LogP) is 3.14. The smallest absolute Gasteiger partial charge is 0.263 e. The molecule has 0 aliphatic carbocycles. The summed E-state index contributed by atoms with van der Waals surface area (Å²) < 4.78 is 0.882. The average Bonchev–Trinajstić information content (AvgIpc) is 2.68. The van der Waals surface area contributed by atoms with Crippen molar-refractivity contribution in [3.05, 3.63) is 63.1 Å². The number of nitrogens with two attached hydrogens (primary N) is 1. The number of nitrogen functional groups attached to an aromatic ring is 1. The summed E-state index contributed by atoms with van der Waals surface area (Å²) in [5.41, 5.74) is 8.85. The first-order valence-corrected chi connectivity index (χ1v) is 7.28. The van der Waals surface area contributed by atoms with Gasteiger partial charge >= 0.3 is 0 Å². The molecule has 2 N–H and O–H groups in total. The van der Waals surface area contributed by atoms with E-state index in [1.54, 1.807) is 18.2 Å². The fourth-order valence-corrected chi connectivity index (χ4v) is 3.07. The molecule has 0 atom stereocenters. The number of anilines is 1. The van der Waals surface area contributed by atoms with E-state index >= 15 is 0 Å². The van der Waals surface area contributed by atoms with Gasteiger partial charge in [-0.05, 0) is 36.2 Å². The van der Waals surface area contributed by atoms with E-state index < -0.39 is 0 Å². The van der Waals surface area contributed by atoms with Crippen LogP contribution in [0.4, 0.5) is 5.69 Å². The largest absolute Gasteiger partial charge is 0.398 e. The molecule has 1 aliphatic rings. The highest BCUT2D eigenvalue weighted by molar-refractivity contribution is 9.10. The van der Waals surface area contributed by atoms with Gasteiger partial charge in [-0.15, -0.1) is 0 Å². The number of aryl methyl sites for hydroxylation is 1. The molecule has 106 valence electrons. The molecule has 0 fully saturated rings. The fraction of sp³-hybridized carbons (Fsp3) is 0.125. The third kappa shape index (κ3) is 2.23. The standard InChI is InChI=1S/C16H13BrN2O2/c1-9-5-6-10(12(17)7-9)8-19-15(20)11-3-2-4-13(18)14(11)16(19)21/h2-7H,8,18H2,1H3.